The van der Waals surface area contributed by atoms with Crippen LogP contribution in [0.15, 0.2) is 42.7 Å². The summed E-state index contributed by atoms with van der Waals surface area (Å²) >= 11 is 8.02. The molecule has 0 aromatic carbocycles. The Labute approximate surface area is 186 Å². The second kappa shape index (κ2) is 8.71. The lowest BCUT2D eigenvalue weighted by atomic mass is 10.3. The number of carbonyl (C=O) groups excluding carboxylic acids is 1. The zero-order valence-electron chi connectivity index (χ0n) is 15.8. The van der Waals surface area contributed by atoms with Crippen LogP contribution in [0.4, 0.5) is 0 Å². The molecular weight excluding hydrogens is 472 g/mol. The molecule has 3 aromatic rings. The van der Waals surface area contributed by atoms with Crippen LogP contribution in [0.1, 0.15) is 5.76 Å². The van der Waals surface area contributed by atoms with E-state index in [0.717, 1.165) is 23.1 Å². The van der Waals surface area contributed by atoms with E-state index in [0.29, 0.717) is 34.6 Å². The molecule has 0 aliphatic carbocycles. The molecule has 9 nitrogen and oxygen atoms in total. The fourth-order valence-corrected chi connectivity index (χ4v) is 6.67. The van der Waals surface area contributed by atoms with Crippen molar-refractivity contribution in [1.29, 1.82) is 0 Å². The van der Waals surface area contributed by atoms with Crippen molar-refractivity contribution in [3.05, 3.63) is 34.6 Å². The zero-order valence-corrected chi connectivity index (χ0v) is 19.0. The molecule has 160 valence electrons. The average Bonchev–Trinajstić information content (AvgIpc) is 3.47. The number of amides is 1. The van der Waals surface area contributed by atoms with Crippen LogP contribution in [-0.2, 0) is 14.8 Å². The lowest BCUT2D eigenvalue weighted by molar-refractivity contribution is -0.129. The first-order valence-electron chi connectivity index (χ1n) is 8.88. The Hall–Kier alpha value is -1.86. The number of aromatic nitrogens is 2. The molecule has 0 bridgehead atoms. The van der Waals surface area contributed by atoms with Gasteiger partial charge in [-0.25, -0.2) is 8.42 Å². The lowest BCUT2D eigenvalue weighted by Gasteiger charge is -2.33. The van der Waals surface area contributed by atoms with Gasteiger partial charge in [-0.2, -0.15) is 4.31 Å². The van der Waals surface area contributed by atoms with Gasteiger partial charge in [-0.3, -0.25) is 4.79 Å². The SMILES string of the molecule is Cc1occc1-c1nnc(SCC(=O)N2CCN(S(=O)(=O)c3ccc(Cl)s3)CC2)o1. The predicted octanol–water partition coefficient (Wildman–Crippen LogP) is 2.98. The summed E-state index contributed by atoms with van der Waals surface area (Å²) in [5.74, 6) is 1.02. The van der Waals surface area contributed by atoms with Crippen LogP contribution in [-0.4, -0.2) is 65.7 Å². The van der Waals surface area contributed by atoms with Gasteiger partial charge < -0.3 is 13.7 Å². The van der Waals surface area contributed by atoms with E-state index in [1.165, 1.54) is 16.6 Å². The first-order chi connectivity index (χ1) is 14.3. The minimum absolute atomic E-state index is 0.115. The number of halogens is 1. The summed E-state index contributed by atoms with van der Waals surface area (Å²) in [7, 11) is -3.58. The van der Waals surface area contributed by atoms with E-state index in [9.17, 15) is 13.2 Å². The van der Waals surface area contributed by atoms with Gasteiger partial charge in [-0.05, 0) is 25.1 Å². The maximum atomic E-state index is 12.6. The number of piperazine rings is 1. The van der Waals surface area contributed by atoms with Crippen LogP contribution >= 0.6 is 34.7 Å². The van der Waals surface area contributed by atoms with Crippen molar-refractivity contribution in [3.8, 4) is 11.5 Å². The van der Waals surface area contributed by atoms with Crippen molar-refractivity contribution in [2.75, 3.05) is 31.9 Å². The number of sulfonamides is 1. The lowest BCUT2D eigenvalue weighted by Crippen LogP contribution is -2.50. The van der Waals surface area contributed by atoms with Gasteiger partial charge in [0.25, 0.3) is 21.1 Å². The first-order valence-corrected chi connectivity index (χ1v) is 12.5. The van der Waals surface area contributed by atoms with Crippen LogP contribution in [0.3, 0.4) is 0 Å². The topological polar surface area (TPSA) is 110 Å². The Morgan fingerprint density at radius 2 is 2.00 bits per heavy atom. The highest BCUT2D eigenvalue weighted by Crippen LogP contribution is 2.29. The molecule has 4 heterocycles. The number of aryl methyl sites for hydroxylation is 1. The molecule has 1 fully saturated rings. The van der Waals surface area contributed by atoms with E-state index in [-0.39, 0.29) is 34.2 Å². The molecule has 1 aliphatic heterocycles. The summed E-state index contributed by atoms with van der Waals surface area (Å²) in [4.78, 5) is 14.1. The van der Waals surface area contributed by atoms with Gasteiger partial charge in [0.15, 0.2) is 0 Å². The summed E-state index contributed by atoms with van der Waals surface area (Å²) in [5.41, 5.74) is 0.713. The van der Waals surface area contributed by atoms with Crippen LogP contribution in [0, 0.1) is 6.92 Å². The number of thiophene rings is 1. The minimum atomic E-state index is -3.58. The molecule has 0 saturated carbocycles. The number of carbonyl (C=O) groups is 1. The highest BCUT2D eigenvalue weighted by Gasteiger charge is 2.31. The van der Waals surface area contributed by atoms with Gasteiger partial charge in [0.2, 0.25) is 5.91 Å². The Morgan fingerprint density at radius 3 is 2.63 bits per heavy atom. The van der Waals surface area contributed by atoms with E-state index in [2.05, 4.69) is 10.2 Å². The summed E-state index contributed by atoms with van der Waals surface area (Å²) in [6.07, 6.45) is 1.54. The van der Waals surface area contributed by atoms with Crippen molar-refractivity contribution < 1.29 is 22.0 Å². The molecule has 4 rings (SSSR count). The smallest absolute Gasteiger partial charge is 0.277 e. The van der Waals surface area contributed by atoms with Crippen LogP contribution in [0.25, 0.3) is 11.5 Å². The largest absolute Gasteiger partial charge is 0.469 e. The number of furan rings is 1. The monoisotopic (exact) mass is 488 g/mol. The average molecular weight is 489 g/mol. The van der Waals surface area contributed by atoms with Crippen LogP contribution < -0.4 is 0 Å². The second-order valence-electron chi connectivity index (χ2n) is 6.40. The molecule has 3 aromatic heterocycles. The van der Waals surface area contributed by atoms with Gasteiger partial charge in [-0.1, -0.05) is 23.4 Å². The minimum Gasteiger partial charge on any atom is -0.469 e. The van der Waals surface area contributed by atoms with Crippen molar-refractivity contribution in [2.45, 2.75) is 16.4 Å². The van der Waals surface area contributed by atoms with Crippen molar-refractivity contribution in [1.82, 2.24) is 19.4 Å². The second-order valence-corrected chi connectivity index (χ2v) is 11.2. The third-order valence-electron chi connectivity index (χ3n) is 4.55. The molecule has 1 aliphatic rings. The van der Waals surface area contributed by atoms with Crippen molar-refractivity contribution >= 4 is 50.6 Å². The quantitative estimate of drug-likeness (QED) is 0.487. The third-order valence-corrected chi connectivity index (χ3v) is 8.95. The third kappa shape index (κ3) is 4.42. The van der Waals surface area contributed by atoms with Crippen LogP contribution in [0.5, 0.6) is 0 Å². The maximum Gasteiger partial charge on any atom is 0.277 e. The summed E-state index contributed by atoms with van der Waals surface area (Å²) < 4.78 is 38.1. The Balaban J connectivity index is 1.30. The first kappa shape index (κ1) is 21.4. The number of hydrogen-bond donors (Lipinski definition) is 0. The Morgan fingerprint density at radius 1 is 1.23 bits per heavy atom. The van der Waals surface area contributed by atoms with Gasteiger partial charge in [0.05, 0.1) is 21.9 Å². The standard InChI is InChI=1S/C17H17ClN4O5S3/c1-11-12(4-9-26-11)16-19-20-17(27-16)28-10-14(23)21-5-7-22(8-6-21)30(24,25)15-3-2-13(18)29-15/h2-4,9H,5-8,10H2,1H3. The molecule has 1 amide bonds. The van der Waals surface area contributed by atoms with E-state index in [4.69, 9.17) is 20.4 Å². The van der Waals surface area contributed by atoms with Gasteiger partial charge >= 0.3 is 0 Å². The number of hydrogen-bond acceptors (Lipinski definition) is 9. The predicted molar refractivity (Wildman–Crippen MR) is 112 cm³/mol. The van der Waals surface area contributed by atoms with E-state index < -0.39 is 10.0 Å². The molecule has 0 unspecified atom stereocenters. The molecular formula is C17H17ClN4O5S3. The van der Waals surface area contributed by atoms with Gasteiger partial charge in [0, 0.05) is 26.2 Å². The highest BCUT2D eigenvalue weighted by molar-refractivity contribution is 7.99. The Kier molecular flexibility index (Phi) is 6.21. The van der Waals surface area contributed by atoms with E-state index >= 15 is 0 Å². The van der Waals surface area contributed by atoms with Crippen molar-refractivity contribution in [2.24, 2.45) is 0 Å². The molecule has 13 heteroatoms. The molecule has 1 saturated heterocycles. The fourth-order valence-electron chi connectivity index (χ4n) is 2.94. The van der Waals surface area contributed by atoms with E-state index in [1.807, 2.05) is 0 Å². The molecule has 0 atom stereocenters. The Bertz CT molecular complexity index is 1150. The normalized spacial score (nSPS) is 15.6. The van der Waals surface area contributed by atoms with Crippen molar-refractivity contribution in [3.63, 3.8) is 0 Å². The van der Waals surface area contributed by atoms with Gasteiger partial charge in [0.1, 0.15) is 9.97 Å². The van der Waals surface area contributed by atoms with E-state index in [1.54, 1.807) is 24.0 Å². The van der Waals surface area contributed by atoms with Gasteiger partial charge in [-0.15, -0.1) is 21.5 Å². The zero-order chi connectivity index (χ0) is 21.3. The summed E-state index contributed by atoms with van der Waals surface area (Å²) in [6.45, 7) is 2.91. The molecule has 0 radical (unpaired) electrons. The summed E-state index contributed by atoms with van der Waals surface area (Å²) in [5, 5.41) is 8.21. The highest BCUT2D eigenvalue weighted by atomic mass is 35.5. The molecule has 0 spiro atoms. The molecule has 30 heavy (non-hydrogen) atoms. The summed E-state index contributed by atoms with van der Waals surface area (Å²) in [6, 6.07) is 4.80. The fraction of sp³-hybridized carbons (Fsp3) is 0.353. The number of nitrogens with zero attached hydrogens (tertiary/aromatic N) is 4. The number of thioether (sulfide) groups is 1. The maximum absolute atomic E-state index is 12.6. The van der Waals surface area contributed by atoms with Crippen LogP contribution in [0.2, 0.25) is 4.34 Å². The number of rotatable bonds is 6. The molecule has 0 N–H and O–H groups in total.